The summed E-state index contributed by atoms with van der Waals surface area (Å²) in [6.45, 7) is 1.75. The van der Waals surface area contributed by atoms with Gasteiger partial charge in [-0.05, 0) is 0 Å². The van der Waals surface area contributed by atoms with Crippen LogP contribution in [0.25, 0.3) is 0 Å². The second-order valence-corrected chi connectivity index (χ2v) is 3.10. The van der Waals surface area contributed by atoms with Crippen molar-refractivity contribution in [3.63, 3.8) is 0 Å². The van der Waals surface area contributed by atoms with Gasteiger partial charge in [0.2, 0.25) is 0 Å². The highest BCUT2D eigenvalue weighted by Crippen LogP contribution is 2.30. The molecule has 2 heterocycles. The van der Waals surface area contributed by atoms with E-state index in [9.17, 15) is 4.39 Å². The van der Waals surface area contributed by atoms with Crippen LogP contribution in [0.2, 0.25) is 0 Å². The highest BCUT2D eigenvalue weighted by Gasteiger charge is 2.24. The van der Waals surface area contributed by atoms with Crippen LogP contribution >= 0.6 is 0 Å². The third kappa shape index (κ3) is 1.37. The van der Waals surface area contributed by atoms with Crippen molar-refractivity contribution < 1.29 is 9.13 Å². The molecule has 70 valence electrons. The molecule has 1 N–H and O–H groups in total. The number of nitrogens with one attached hydrogen (secondary N) is 1. The van der Waals surface area contributed by atoms with E-state index in [0.717, 1.165) is 18.7 Å². The first-order valence-electron chi connectivity index (χ1n) is 4.21. The van der Waals surface area contributed by atoms with E-state index in [0.29, 0.717) is 11.7 Å². The van der Waals surface area contributed by atoms with E-state index in [4.69, 9.17) is 4.74 Å². The minimum absolute atomic E-state index is 0.335. The van der Waals surface area contributed by atoms with E-state index in [1.807, 2.05) is 0 Å². The summed E-state index contributed by atoms with van der Waals surface area (Å²) in [5.74, 6) is 0.298. The first-order valence-corrected chi connectivity index (χ1v) is 4.21. The molecule has 0 amide bonds. The molecule has 0 bridgehead atoms. The first-order chi connectivity index (χ1) is 6.33. The molecule has 1 aliphatic rings. The van der Waals surface area contributed by atoms with Gasteiger partial charge in [-0.2, -0.15) is 0 Å². The summed E-state index contributed by atoms with van der Waals surface area (Å²) in [6, 6.07) is 0. The molecule has 0 unspecified atom stereocenters. The molecule has 13 heavy (non-hydrogen) atoms. The van der Waals surface area contributed by atoms with Crippen molar-refractivity contribution in [3.05, 3.63) is 23.8 Å². The summed E-state index contributed by atoms with van der Waals surface area (Å²) < 4.78 is 18.2. The minimum atomic E-state index is -0.382. The smallest absolute Gasteiger partial charge is 0.183 e. The molecule has 3 nitrogen and oxygen atoms in total. The van der Waals surface area contributed by atoms with Gasteiger partial charge in [0, 0.05) is 30.8 Å². The highest BCUT2D eigenvalue weighted by molar-refractivity contribution is 5.36. The molecule has 0 spiro atoms. The number of ether oxygens (including phenoxy) is 1. The maximum atomic E-state index is 13.2. The number of nitrogens with zero attached hydrogens (tertiary/aromatic N) is 1. The van der Waals surface area contributed by atoms with Gasteiger partial charge in [0.05, 0.1) is 13.3 Å². The molecule has 2 rings (SSSR count). The summed E-state index contributed by atoms with van der Waals surface area (Å²) >= 11 is 0. The third-order valence-electron chi connectivity index (χ3n) is 2.31. The quantitative estimate of drug-likeness (QED) is 0.738. The Morgan fingerprint density at radius 1 is 1.54 bits per heavy atom. The number of hydrogen-bond donors (Lipinski definition) is 1. The van der Waals surface area contributed by atoms with Crippen molar-refractivity contribution in [1.82, 2.24) is 10.3 Å². The lowest BCUT2D eigenvalue weighted by Gasteiger charge is -2.28. The predicted octanol–water partition coefficient (Wildman–Crippen LogP) is 0.916. The molecule has 1 aliphatic heterocycles. The summed E-state index contributed by atoms with van der Waals surface area (Å²) in [5.41, 5.74) is 0.862. The number of aromatic nitrogens is 1. The van der Waals surface area contributed by atoms with Gasteiger partial charge in [-0.1, -0.05) is 0 Å². The van der Waals surface area contributed by atoms with Gasteiger partial charge < -0.3 is 10.1 Å². The average molecular weight is 182 g/mol. The second-order valence-electron chi connectivity index (χ2n) is 3.10. The van der Waals surface area contributed by atoms with Gasteiger partial charge in [-0.15, -0.1) is 0 Å². The van der Waals surface area contributed by atoms with Gasteiger partial charge in [0.15, 0.2) is 11.6 Å². The SMILES string of the molecule is COc1c(F)cncc1C1CNC1. The Kier molecular flexibility index (Phi) is 2.14. The molecule has 4 heteroatoms. The summed E-state index contributed by atoms with van der Waals surface area (Å²) in [5, 5.41) is 3.12. The van der Waals surface area contributed by atoms with Gasteiger partial charge in [0.25, 0.3) is 0 Å². The molecular weight excluding hydrogens is 171 g/mol. The van der Waals surface area contributed by atoms with Crippen LogP contribution in [0.15, 0.2) is 12.4 Å². The number of methoxy groups -OCH3 is 1. The normalized spacial score (nSPS) is 16.8. The van der Waals surface area contributed by atoms with E-state index < -0.39 is 0 Å². The van der Waals surface area contributed by atoms with Crippen LogP contribution in [0.3, 0.4) is 0 Å². The fourth-order valence-electron chi connectivity index (χ4n) is 1.45. The molecule has 0 atom stereocenters. The first kappa shape index (κ1) is 8.44. The Hall–Kier alpha value is -1.16. The van der Waals surface area contributed by atoms with Gasteiger partial charge >= 0.3 is 0 Å². The number of hydrogen-bond acceptors (Lipinski definition) is 3. The Labute approximate surface area is 75.9 Å². The van der Waals surface area contributed by atoms with Crippen LogP contribution in [0.4, 0.5) is 4.39 Å². The molecule has 1 aromatic rings. The Bertz CT molecular complexity index is 312. The van der Waals surface area contributed by atoms with E-state index in [2.05, 4.69) is 10.3 Å². The lowest BCUT2D eigenvalue weighted by molar-refractivity contribution is 0.361. The largest absolute Gasteiger partial charge is 0.493 e. The molecule has 0 radical (unpaired) electrons. The highest BCUT2D eigenvalue weighted by atomic mass is 19.1. The van der Waals surface area contributed by atoms with Crippen LogP contribution in [0.5, 0.6) is 5.75 Å². The molecule has 0 aliphatic carbocycles. The fraction of sp³-hybridized carbons (Fsp3) is 0.444. The van der Waals surface area contributed by atoms with E-state index in [1.54, 1.807) is 6.20 Å². The van der Waals surface area contributed by atoms with Gasteiger partial charge in [-0.3, -0.25) is 4.98 Å². The van der Waals surface area contributed by atoms with Crippen LogP contribution in [-0.2, 0) is 0 Å². The number of halogens is 1. The fourth-order valence-corrected chi connectivity index (χ4v) is 1.45. The van der Waals surface area contributed by atoms with Crippen LogP contribution in [-0.4, -0.2) is 25.2 Å². The number of pyridine rings is 1. The second kappa shape index (κ2) is 3.30. The monoisotopic (exact) mass is 182 g/mol. The predicted molar refractivity (Wildman–Crippen MR) is 46.4 cm³/mol. The molecule has 1 aromatic heterocycles. The van der Waals surface area contributed by atoms with Crippen molar-refractivity contribution in [3.8, 4) is 5.75 Å². The maximum absolute atomic E-state index is 13.2. The average Bonchev–Trinajstić information content (AvgIpc) is 2.01. The standard InChI is InChI=1S/C9H11FN2O/c1-13-9-7(6-2-11-3-6)4-12-5-8(9)10/h4-6,11H,2-3H2,1H3. The number of rotatable bonds is 2. The summed E-state index contributed by atoms with van der Waals surface area (Å²) in [7, 11) is 1.48. The molecular formula is C9H11FN2O. The van der Waals surface area contributed by atoms with Gasteiger partial charge in [0.1, 0.15) is 0 Å². The molecule has 0 aromatic carbocycles. The van der Waals surface area contributed by atoms with Crippen molar-refractivity contribution >= 4 is 0 Å². The van der Waals surface area contributed by atoms with E-state index >= 15 is 0 Å². The van der Waals surface area contributed by atoms with Crippen molar-refractivity contribution in [1.29, 1.82) is 0 Å². The molecule has 0 saturated carbocycles. The third-order valence-corrected chi connectivity index (χ3v) is 2.31. The van der Waals surface area contributed by atoms with Crippen LogP contribution in [0.1, 0.15) is 11.5 Å². The Morgan fingerprint density at radius 2 is 2.31 bits per heavy atom. The zero-order valence-electron chi connectivity index (χ0n) is 7.38. The topological polar surface area (TPSA) is 34.1 Å². The lowest BCUT2D eigenvalue weighted by Crippen LogP contribution is -2.40. The zero-order chi connectivity index (χ0) is 9.26. The van der Waals surface area contributed by atoms with E-state index in [-0.39, 0.29) is 5.82 Å². The van der Waals surface area contributed by atoms with Crippen LogP contribution in [0, 0.1) is 5.82 Å². The Balaban J connectivity index is 2.37. The van der Waals surface area contributed by atoms with Crippen molar-refractivity contribution in [2.24, 2.45) is 0 Å². The Morgan fingerprint density at radius 3 is 2.85 bits per heavy atom. The van der Waals surface area contributed by atoms with Crippen molar-refractivity contribution in [2.45, 2.75) is 5.92 Å². The molecule has 1 saturated heterocycles. The zero-order valence-corrected chi connectivity index (χ0v) is 7.38. The summed E-state index contributed by atoms with van der Waals surface area (Å²) in [6.07, 6.45) is 2.85. The van der Waals surface area contributed by atoms with Crippen LogP contribution < -0.4 is 10.1 Å². The molecule has 1 fully saturated rings. The lowest BCUT2D eigenvalue weighted by atomic mass is 9.94. The van der Waals surface area contributed by atoms with E-state index in [1.165, 1.54) is 13.3 Å². The van der Waals surface area contributed by atoms with Gasteiger partial charge in [-0.25, -0.2) is 4.39 Å². The van der Waals surface area contributed by atoms with Crippen molar-refractivity contribution in [2.75, 3.05) is 20.2 Å². The maximum Gasteiger partial charge on any atom is 0.183 e. The summed E-state index contributed by atoms with van der Waals surface area (Å²) in [4.78, 5) is 3.81. The minimum Gasteiger partial charge on any atom is -0.493 e.